The Hall–Kier alpha value is -2.29. The Morgan fingerprint density at radius 1 is 1.19 bits per heavy atom. The van der Waals surface area contributed by atoms with E-state index in [0.717, 1.165) is 5.56 Å². The third kappa shape index (κ3) is 6.74. The normalized spacial score (nSPS) is 12.6. The predicted octanol–water partition coefficient (Wildman–Crippen LogP) is 2.27. The fourth-order valence-electron chi connectivity index (χ4n) is 2.68. The summed E-state index contributed by atoms with van der Waals surface area (Å²) in [5.74, 6) is -0.529. The molecule has 0 aliphatic heterocycles. The topological polar surface area (TPSA) is 101 Å². The van der Waals surface area contributed by atoms with Crippen LogP contribution in [-0.4, -0.2) is 27.4 Å². The molecule has 0 radical (unpaired) electrons. The average molecular weight is 393 g/mol. The van der Waals surface area contributed by atoms with Gasteiger partial charge < -0.3 is 11.1 Å². The second-order valence-electron chi connectivity index (χ2n) is 6.41. The van der Waals surface area contributed by atoms with Gasteiger partial charge in [0.2, 0.25) is 15.9 Å². The molecule has 1 amide bonds. The quantitative estimate of drug-likeness (QED) is 0.608. The zero-order valence-corrected chi connectivity index (χ0v) is 15.9. The van der Waals surface area contributed by atoms with Crippen molar-refractivity contribution in [3.05, 3.63) is 59.9 Å². The number of nitrogens with two attached hydrogens (primary N) is 1. The van der Waals surface area contributed by atoms with Crippen molar-refractivity contribution in [1.82, 2.24) is 4.72 Å². The third-order valence-electron chi connectivity index (χ3n) is 3.87. The molecule has 0 bridgehead atoms. The maximum atomic E-state index is 13.2. The molecule has 2 aromatic rings. The van der Waals surface area contributed by atoms with Crippen LogP contribution in [0.1, 0.15) is 18.9 Å². The molecule has 0 aromatic heterocycles. The molecule has 2 rings (SSSR count). The van der Waals surface area contributed by atoms with E-state index in [0.29, 0.717) is 12.1 Å². The van der Waals surface area contributed by atoms with E-state index in [1.807, 2.05) is 13.0 Å². The molecule has 27 heavy (non-hydrogen) atoms. The highest BCUT2D eigenvalue weighted by Crippen LogP contribution is 2.17. The van der Waals surface area contributed by atoms with Crippen LogP contribution in [0.4, 0.5) is 10.1 Å². The summed E-state index contributed by atoms with van der Waals surface area (Å²) >= 11 is 0. The summed E-state index contributed by atoms with van der Waals surface area (Å²) in [5.41, 5.74) is 6.54. The Labute approximate surface area is 159 Å². The van der Waals surface area contributed by atoms with Crippen molar-refractivity contribution in [3.63, 3.8) is 0 Å². The fourth-order valence-corrected chi connectivity index (χ4v) is 3.78. The zero-order valence-electron chi connectivity index (χ0n) is 15.1. The van der Waals surface area contributed by atoms with Crippen LogP contribution in [0.3, 0.4) is 0 Å². The molecule has 0 aliphatic carbocycles. The van der Waals surface area contributed by atoms with Gasteiger partial charge in [-0.05, 0) is 48.2 Å². The Bertz CT molecular complexity index is 887. The van der Waals surface area contributed by atoms with Gasteiger partial charge in [0.15, 0.2) is 0 Å². The molecule has 8 heteroatoms. The molecule has 1 atom stereocenters. The van der Waals surface area contributed by atoms with E-state index in [-0.39, 0.29) is 42.0 Å². The minimum Gasteiger partial charge on any atom is -0.329 e. The predicted molar refractivity (Wildman–Crippen MR) is 103 cm³/mol. The molecule has 4 N–H and O–H groups in total. The van der Waals surface area contributed by atoms with Gasteiger partial charge in [0.05, 0.1) is 4.90 Å². The van der Waals surface area contributed by atoms with E-state index in [1.54, 1.807) is 18.2 Å². The van der Waals surface area contributed by atoms with E-state index in [4.69, 9.17) is 5.73 Å². The number of halogens is 1. The molecule has 0 fully saturated rings. The molecular weight excluding hydrogens is 369 g/mol. The van der Waals surface area contributed by atoms with E-state index >= 15 is 0 Å². The largest absolute Gasteiger partial charge is 0.329 e. The monoisotopic (exact) mass is 393 g/mol. The SMILES string of the molecule is CC(CC(=O)Nc1cccc(S(=O)(=O)NCCN)c1)Cc1cccc(F)c1. The first-order valence-electron chi connectivity index (χ1n) is 8.64. The van der Waals surface area contributed by atoms with Crippen molar-refractivity contribution in [3.8, 4) is 0 Å². The number of anilines is 1. The van der Waals surface area contributed by atoms with Crippen LogP contribution < -0.4 is 15.8 Å². The Balaban J connectivity index is 1.96. The van der Waals surface area contributed by atoms with Crippen molar-refractivity contribution in [1.29, 1.82) is 0 Å². The number of benzene rings is 2. The number of carbonyl (C=O) groups is 1. The molecule has 2 aromatic carbocycles. The second kappa shape index (κ2) is 9.59. The number of nitrogens with one attached hydrogen (secondary N) is 2. The molecule has 1 unspecified atom stereocenters. The smallest absolute Gasteiger partial charge is 0.240 e. The van der Waals surface area contributed by atoms with Gasteiger partial charge in [-0.3, -0.25) is 4.79 Å². The van der Waals surface area contributed by atoms with Crippen molar-refractivity contribution < 1.29 is 17.6 Å². The van der Waals surface area contributed by atoms with Gasteiger partial charge in [0, 0.05) is 25.2 Å². The summed E-state index contributed by atoms with van der Waals surface area (Å²) in [4.78, 5) is 12.3. The fraction of sp³-hybridized carbons (Fsp3) is 0.316. The summed E-state index contributed by atoms with van der Waals surface area (Å²) in [7, 11) is -3.67. The third-order valence-corrected chi connectivity index (χ3v) is 5.33. The van der Waals surface area contributed by atoms with Crippen LogP contribution in [0, 0.1) is 11.7 Å². The van der Waals surface area contributed by atoms with Gasteiger partial charge in [0.1, 0.15) is 5.82 Å². The summed E-state index contributed by atoms with van der Waals surface area (Å²) in [5, 5.41) is 2.71. The molecular formula is C19H24FN3O3S. The lowest BCUT2D eigenvalue weighted by Crippen LogP contribution is -2.29. The maximum Gasteiger partial charge on any atom is 0.240 e. The zero-order chi connectivity index (χ0) is 19.9. The molecule has 6 nitrogen and oxygen atoms in total. The van der Waals surface area contributed by atoms with Crippen molar-refractivity contribution >= 4 is 21.6 Å². The number of hydrogen-bond acceptors (Lipinski definition) is 4. The lowest BCUT2D eigenvalue weighted by molar-refractivity contribution is -0.116. The number of rotatable bonds is 9. The highest BCUT2D eigenvalue weighted by atomic mass is 32.2. The first-order chi connectivity index (χ1) is 12.8. The summed E-state index contributed by atoms with van der Waals surface area (Å²) in [6.07, 6.45) is 0.807. The van der Waals surface area contributed by atoms with Gasteiger partial charge in [-0.2, -0.15) is 0 Å². The van der Waals surface area contributed by atoms with Crippen molar-refractivity contribution in [2.75, 3.05) is 18.4 Å². The van der Waals surface area contributed by atoms with E-state index in [9.17, 15) is 17.6 Å². The highest BCUT2D eigenvalue weighted by Gasteiger charge is 2.15. The van der Waals surface area contributed by atoms with Gasteiger partial charge >= 0.3 is 0 Å². The lowest BCUT2D eigenvalue weighted by Gasteiger charge is -2.13. The Kier molecular flexibility index (Phi) is 7.46. The molecule has 146 valence electrons. The molecule has 0 aliphatic rings. The van der Waals surface area contributed by atoms with Crippen LogP contribution in [0.5, 0.6) is 0 Å². The molecule has 0 saturated heterocycles. The van der Waals surface area contributed by atoms with Gasteiger partial charge in [0.25, 0.3) is 0 Å². The van der Waals surface area contributed by atoms with Crippen LogP contribution in [-0.2, 0) is 21.2 Å². The maximum absolute atomic E-state index is 13.2. The summed E-state index contributed by atoms with van der Waals surface area (Å²) in [6.45, 7) is 2.23. The average Bonchev–Trinajstić information content (AvgIpc) is 2.60. The van der Waals surface area contributed by atoms with Gasteiger partial charge in [-0.15, -0.1) is 0 Å². The van der Waals surface area contributed by atoms with E-state index < -0.39 is 10.0 Å². The lowest BCUT2D eigenvalue weighted by atomic mass is 9.97. The summed E-state index contributed by atoms with van der Waals surface area (Å²) < 4.78 is 39.9. The minimum absolute atomic E-state index is 0.00457. The number of sulfonamides is 1. The Morgan fingerprint density at radius 2 is 1.93 bits per heavy atom. The molecule has 0 spiro atoms. The highest BCUT2D eigenvalue weighted by molar-refractivity contribution is 7.89. The van der Waals surface area contributed by atoms with Crippen LogP contribution in [0.25, 0.3) is 0 Å². The van der Waals surface area contributed by atoms with E-state index in [1.165, 1.54) is 24.3 Å². The Morgan fingerprint density at radius 3 is 2.63 bits per heavy atom. The van der Waals surface area contributed by atoms with Crippen LogP contribution >= 0.6 is 0 Å². The first kappa shape index (κ1) is 21.0. The van der Waals surface area contributed by atoms with Crippen LogP contribution in [0.15, 0.2) is 53.4 Å². The number of carbonyl (C=O) groups excluding carboxylic acids is 1. The molecule has 0 heterocycles. The molecule has 0 saturated carbocycles. The van der Waals surface area contributed by atoms with Crippen LogP contribution in [0.2, 0.25) is 0 Å². The van der Waals surface area contributed by atoms with E-state index in [2.05, 4.69) is 10.0 Å². The standard InChI is InChI=1S/C19H24FN3O3S/c1-14(10-15-4-2-5-16(20)12-15)11-19(24)23-17-6-3-7-18(13-17)27(25,26)22-9-8-21/h2-7,12-14,22H,8-11,21H2,1H3,(H,23,24). The second-order valence-corrected chi connectivity index (χ2v) is 8.17. The van der Waals surface area contributed by atoms with Crippen molar-refractivity contribution in [2.45, 2.75) is 24.7 Å². The first-order valence-corrected chi connectivity index (χ1v) is 10.1. The number of hydrogen-bond donors (Lipinski definition) is 3. The summed E-state index contributed by atoms with van der Waals surface area (Å²) in [6, 6.07) is 12.3. The minimum atomic E-state index is -3.67. The number of amides is 1. The van der Waals surface area contributed by atoms with Gasteiger partial charge in [-0.25, -0.2) is 17.5 Å². The van der Waals surface area contributed by atoms with Gasteiger partial charge in [-0.1, -0.05) is 25.1 Å². The van der Waals surface area contributed by atoms with Crippen molar-refractivity contribution in [2.24, 2.45) is 11.7 Å².